The van der Waals surface area contributed by atoms with E-state index in [4.69, 9.17) is 14.5 Å². The van der Waals surface area contributed by atoms with Gasteiger partial charge in [0.15, 0.2) is 17.5 Å². The van der Waals surface area contributed by atoms with Crippen LogP contribution in [0, 0.1) is 6.92 Å². The normalized spacial score (nSPS) is 12.7. The summed E-state index contributed by atoms with van der Waals surface area (Å²) in [5.41, 5.74) is 2.25. The zero-order chi connectivity index (χ0) is 21.2. The molecule has 0 aliphatic rings. The largest absolute Gasteiger partial charge is 0.493 e. The average molecular weight is 420 g/mol. The maximum Gasteiger partial charge on any atom is 0.191 e. The van der Waals surface area contributed by atoms with Gasteiger partial charge in [-0.1, -0.05) is 6.07 Å². The number of rotatable bonds is 10. The number of nitrogens with one attached hydrogen (secondary N) is 2. The number of thiazole rings is 1. The van der Waals surface area contributed by atoms with E-state index in [1.165, 1.54) is 0 Å². The molecule has 0 saturated heterocycles. The van der Waals surface area contributed by atoms with Crippen LogP contribution in [0.15, 0.2) is 28.6 Å². The number of likely N-dealkylation sites (N-methyl/N-ethyl adjacent to an activating group) is 1. The summed E-state index contributed by atoms with van der Waals surface area (Å²) in [4.78, 5) is 11.5. The monoisotopic (exact) mass is 419 g/mol. The molecule has 160 valence electrons. The number of guanidine groups is 1. The molecular formula is C21H33N5O2S. The molecule has 8 heteroatoms. The quantitative estimate of drug-likeness (QED) is 0.456. The van der Waals surface area contributed by atoms with Crippen molar-refractivity contribution < 1.29 is 9.47 Å². The van der Waals surface area contributed by atoms with Gasteiger partial charge in [0, 0.05) is 24.9 Å². The molecule has 0 bridgehead atoms. The molecule has 0 amide bonds. The van der Waals surface area contributed by atoms with Crippen LogP contribution in [-0.2, 0) is 6.42 Å². The molecule has 1 unspecified atom stereocenters. The van der Waals surface area contributed by atoms with Crippen LogP contribution in [0.1, 0.15) is 29.2 Å². The molecule has 29 heavy (non-hydrogen) atoms. The predicted octanol–water partition coefficient (Wildman–Crippen LogP) is 2.87. The fourth-order valence-corrected chi connectivity index (χ4v) is 3.63. The Balaban J connectivity index is 2.06. The lowest BCUT2D eigenvalue weighted by molar-refractivity contribution is 0.303. The first-order chi connectivity index (χ1) is 14.0. The van der Waals surface area contributed by atoms with Crippen LogP contribution < -0.4 is 20.1 Å². The summed E-state index contributed by atoms with van der Waals surface area (Å²) in [7, 11) is 7.41. The van der Waals surface area contributed by atoms with Gasteiger partial charge in [-0.15, -0.1) is 11.3 Å². The van der Waals surface area contributed by atoms with Gasteiger partial charge in [0.05, 0.1) is 37.5 Å². The van der Waals surface area contributed by atoms with Gasteiger partial charge in [-0.3, -0.25) is 4.99 Å². The molecule has 0 spiro atoms. The first kappa shape index (κ1) is 23.0. The van der Waals surface area contributed by atoms with Crippen LogP contribution in [0.25, 0.3) is 0 Å². The summed E-state index contributed by atoms with van der Waals surface area (Å²) in [6, 6.07) is 6.14. The minimum absolute atomic E-state index is 0.117. The first-order valence-corrected chi connectivity index (χ1v) is 10.7. The van der Waals surface area contributed by atoms with Crippen molar-refractivity contribution in [1.82, 2.24) is 20.5 Å². The van der Waals surface area contributed by atoms with Gasteiger partial charge >= 0.3 is 0 Å². The lowest BCUT2D eigenvalue weighted by Crippen LogP contribution is -2.39. The number of benzene rings is 1. The fourth-order valence-electron chi connectivity index (χ4n) is 2.98. The molecule has 0 aliphatic heterocycles. The smallest absolute Gasteiger partial charge is 0.191 e. The summed E-state index contributed by atoms with van der Waals surface area (Å²) in [5, 5.41) is 9.94. The number of aryl methyl sites for hydroxylation is 1. The molecule has 0 saturated carbocycles. The highest BCUT2D eigenvalue weighted by Crippen LogP contribution is 2.31. The summed E-state index contributed by atoms with van der Waals surface area (Å²) < 4.78 is 10.8. The Morgan fingerprint density at radius 1 is 1.21 bits per heavy atom. The van der Waals surface area contributed by atoms with Crippen molar-refractivity contribution in [2.75, 3.05) is 47.9 Å². The number of hydrogen-bond acceptors (Lipinski definition) is 6. The van der Waals surface area contributed by atoms with E-state index in [0.29, 0.717) is 6.54 Å². The highest BCUT2D eigenvalue weighted by molar-refractivity contribution is 7.09. The lowest BCUT2D eigenvalue weighted by atomic mass is 10.1. The van der Waals surface area contributed by atoms with E-state index in [9.17, 15) is 0 Å². The molecule has 2 N–H and O–H groups in total. The van der Waals surface area contributed by atoms with Gasteiger partial charge < -0.3 is 25.0 Å². The molecule has 0 aliphatic carbocycles. The van der Waals surface area contributed by atoms with Crippen LogP contribution in [0.4, 0.5) is 0 Å². The van der Waals surface area contributed by atoms with E-state index in [1.54, 1.807) is 25.6 Å². The number of aliphatic imine (C=N–C) groups is 1. The Hall–Kier alpha value is -2.32. The van der Waals surface area contributed by atoms with Crippen molar-refractivity contribution in [3.63, 3.8) is 0 Å². The highest BCUT2D eigenvalue weighted by atomic mass is 32.1. The third-order valence-electron chi connectivity index (χ3n) is 4.52. The Bertz CT molecular complexity index is 791. The molecule has 2 aromatic rings. The van der Waals surface area contributed by atoms with E-state index in [2.05, 4.69) is 53.0 Å². The van der Waals surface area contributed by atoms with Crippen LogP contribution in [-0.4, -0.2) is 63.8 Å². The minimum Gasteiger partial charge on any atom is -0.493 e. The second-order valence-electron chi connectivity index (χ2n) is 6.85. The fraction of sp³-hybridized carbons (Fsp3) is 0.524. The topological polar surface area (TPSA) is 71.0 Å². The zero-order valence-corrected chi connectivity index (χ0v) is 19.1. The van der Waals surface area contributed by atoms with E-state index < -0.39 is 0 Å². The number of ether oxygens (including phenoxy) is 2. The SMILES string of the molecule is CCNC(=NCC(c1ccc(OC)c(OC)c1)N(C)C)NCCc1csc(C)n1. The third-order valence-corrected chi connectivity index (χ3v) is 5.34. The molecule has 0 fully saturated rings. The van der Waals surface area contributed by atoms with Crippen molar-refractivity contribution >= 4 is 17.3 Å². The number of hydrogen-bond donors (Lipinski definition) is 2. The molecule has 1 aromatic carbocycles. The van der Waals surface area contributed by atoms with E-state index in [1.807, 2.05) is 19.1 Å². The van der Waals surface area contributed by atoms with E-state index in [0.717, 1.165) is 53.2 Å². The minimum atomic E-state index is 0.117. The second-order valence-corrected chi connectivity index (χ2v) is 7.91. The average Bonchev–Trinajstić information content (AvgIpc) is 3.12. The van der Waals surface area contributed by atoms with Crippen molar-refractivity contribution in [2.24, 2.45) is 4.99 Å². The van der Waals surface area contributed by atoms with Gasteiger partial charge in [-0.05, 0) is 45.6 Å². The Morgan fingerprint density at radius 3 is 2.55 bits per heavy atom. The van der Waals surface area contributed by atoms with Gasteiger partial charge in [0.1, 0.15) is 0 Å². The summed E-state index contributed by atoms with van der Waals surface area (Å²) in [6.07, 6.45) is 0.877. The first-order valence-electron chi connectivity index (χ1n) is 9.80. The van der Waals surface area contributed by atoms with E-state index >= 15 is 0 Å². The van der Waals surface area contributed by atoms with Crippen molar-refractivity contribution in [2.45, 2.75) is 26.3 Å². The van der Waals surface area contributed by atoms with Crippen molar-refractivity contribution in [3.05, 3.63) is 39.8 Å². The van der Waals surface area contributed by atoms with Crippen LogP contribution >= 0.6 is 11.3 Å². The summed E-state index contributed by atoms with van der Waals surface area (Å²) in [5.74, 6) is 2.26. The number of methoxy groups -OCH3 is 2. The van der Waals surface area contributed by atoms with Crippen molar-refractivity contribution in [3.8, 4) is 11.5 Å². The van der Waals surface area contributed by atoms with Crippen LogP contribution in [0.3, 0.4) is 0 Å². The molecule has 7 nitrogen and oxygen atoms in total. The maximum atomic E-state index is 5.46. The molecule has 1 aromatic heterocycles. The maximum absolute atomic E-state index is 5.46. The zero-order valence-electron chi connectivity index (χ0n) is 18.3. The molecule has 0 radical (unpaired) electrons. The van der Waals surface area contributed by atoms with E-state index in [-0.39, 0.29) is 6.04 Å². The Kier molecular flexibility index (Phi) is 9.21. The lowest BCUT2D eigenvalue weighted by Gasteiger charge is -2.24. The molecule has 1 atom stereocenters. The third kappa shape index (κ3) is 6.90. The van der Waals surface area contributed by atoms with Gasteiger partial charge in [-0.2, -0.15) is 0 Å². The summed E-state index contributed by atoms with van der Waals surface area (Å²) in [6.45, 7) is 6.32. The number of nitrogens with zero attached hydrogens (tertiary/aromatic N) is 3. The highest BCUT2D eigenvalue weighted by Gasteiger charge is 2.16. The van der Waals surface area contributed by atoms with Crippen LogP contribution in [0.5, 0.6) is 11.5 Å². The standard InChI is InChI=1S/C21H33N5O2S/c1-7-22-21(23-11-10-17-14-29-15(2)25-17)24-13-18(26(3)4)16-8-9-19(27-5)20(12-16)28-6/h8-9,12,14,18H,7,10-11,13H2,1-6H3,(H2,22,23,24). The summed E-state index contributed by atoms with van der Waals surface area (Å²) >= 11 is 1.68. The van der Waals surface area contributed by atoms with Crippen LogP contribution in [0.2, 0.25) is 0 Å². The van der Waals surface area contributed by atoms with Gasteiger partial charge in [0.25, 0.3) is 0 Å². The van der Waals surface area contributed by atoms with Crippen molar-refractivity contribution in [1.29, 1.82) is 0 Å². The Labute approximate surface area is 178 Å². The molecule has 2 rings (SSSR count). The van der Waals surface area contributed by atoms with Gasteiger partial charge in [0.2, 0.25) is 0 Å². The second kappa shape index (κ2) is 11.6. The molecule has 1 heterocycles. The van der Waals surface area contributed by atoms with Gasteiger partial charge in [-0.25, -0.2) is 4.98 Å². The molecular weight excluding hydrogens is 386 g/mol. The predicted molar refractivity (Wildman–Crippen MR) is 121 cm³/mol. The number of aromatic nitrogens is 1. The Morgan fingerprint density at radius 2 is 1.97 bits per heavy atom.